The van der Waals surface area contributed by atoms with Gasteiger partial charge in [-0.25, -0.2) is 9.18 Å². The van der Waals surface area contributed by atoms with Gasteiger partial charge in [0.1, 0.15) is 23.2 Å². The summed E-state index contributed by atoms with van der Waals surface area (Å²) in [5, 5.41) is 28.0. The lowest BCUT2D eigenvalue weighted by Gasteiger charge is -2.27. The van der Waals surface area contributed by atoms with Crippen molar-refractivity contribution in [3.05, 3.63) is 52.4 Å². The second-order valence-electron chi connectivity index (χ2n) is 5.27. The molecule has 9 heteroatoms. The summed E-state index contributed by atoms with van der Waals surface area (Å²) in [5.41, 5.74) is 5.61. The van der Waals surface area contributed by atoms with Crippen LogP contribution in [0.5, 0.6) is 0 Å². The first kappa shape index (κ1) is 18.5. The first-order valence-corrected chi connectivity index (χ1v) is 7.42. The Hall–Kier alpha value is -2.83. The molecule has 1 aliphatic rings. The first-order chi connectivity index (χ1) is 11.8. The maximum atomic E-state index is 13.7. The third-order valence-electron chi connectivity index (χ3n) is 3.73. The average Bonchev–Trinajstić information content (AvgIpc) is 2.54. The summed E-state index contributed by atoms with van der Waals surface area (Å²) in [6.07, 6.45) is 0. The summed E-state index contributed by atoms with van der Waals surface area (Å²) < 4.78 is 24.0. The van der Waals surface area contributed by atoms with E-state index in [0.717, 1.165) is 12.1 Å². The van der Waals surface area contributed by atoms with Crippen LogP contribution in [0.15, 0.2) is 41.0 Å². The third-order valence-corrected chi connectivity index (χ3v) is 3.73. The summed E-state index contributed by atoms with van der Waals surface area (Å²) in [7, 11) is -2.05. The Morgan fingerprint density at radius 3 is 2.76 bits per heavy atom. The van der Waals surface area contributed by atoms with Gasteiger partial charge in [0.15, 0.2) is 0 Å². The lowest BCUT2D eigenvalue weighted by atomic mass is 9.75. The van der Waals surface area contributed by atoms with E-state index in [9.17, 15) is 24.5 Å². The van der Waals surface area contributed by atoms with Crippen molar-refractivity contribution in [2.24, 2.45) is 5.73 Å². The van der Waals surface area contributed by atoms with Gasteiger partial charge in [-0.15, -0.1) is 0 Å². The Kier molecular flexibility index (Phi) is 5.46. The normalized spacial score (nSPS) is 17.0. The van der Waals surface area contributed by atoms with E-state index in [1.54, 1.807) is 6.92 Å². The number of halogens is 1. The van der Waals surface area contributed by atoms with Gasteiger partial charge in [-0.05, 0) is 25.5 Å². The van der Waals surface area contributed by atoms with Crippen molar-refractivity contribution >= 4 is 18.6 Å². The predicted molar refractivity (Wildman–Crippen MR) is 86.2 cm³/mol. The monoisotopic (exact) mass is 346 g/mol. The number of carbonyl (C=O) groups is 1. The van der Waals surface area contributed by atoms with Crippen LogP contribution < -0.4 is 11.2 Å². The van der Waals surface area contributed by atoms with E-state index in [0.29, 0.717) is 0 Å². The molecule has 1 heterocycles. The molecule has 1 aromatic carbocycles. The van der Waals surface area contributed by atoms with Gasteiger partial charge in [0.05, 0.1) is 18.1 Å². The molecule has 1 atom stereocenters. The number of rotatable bonds is 4. The Morgan fingerprint density at radius 1 is 1.52 bits per heavy atom. The topological polar surface area (TPSA) is 126 Å². The van der Waals surface area contributed by atoms with Crippen LogP contribution in [0.1, 0.15) is 25.3 Å². The fourth-order valence-electron chi connectivity index (χ4n) is 2.63. The molecule has 0 spiro atoms. The van der Waals surface area contributed by atoms with Gasteiger partial charge >= 0.3 is 13.1 Å². The summed E-state index contributed by atoms with van der Waals surface area (Å²) in [6, 6.07) is 5.39. The molecule has 0 bridgehead atoms. The smallest absolute Gasteiger partial charge is 0.463 e. The van der Waals surface area contributed by atoms with E-state index in [1.165, 1.54) is 13.0 Å². The van der Waals surface area contributed by atoms with Crippen molar-refractivity contribution in [1.29, 1.82) is 5.26 Å². The van der Waals surface area contributed by atoms with Gasteiger partial charge in [0.2, 0.25) is 5.88 Å². The highest BCUT2D eigenvalue weighted by molar-refractivity contribution is 6.58. The molecule has 0 amide bonds. The summed E-state index contributed by atoms with van der Waals surface area (Å²) >= 11 is 0. The van der Waals surface area contributed by atoms with Crippen LogP contribution in [0, 0.1) is 17.1 Å². The molecule has 2 rings (SSSR count). The second kappa shape index (κ2) is 7.38. The lowest BCUT2D eigenvalue weighted by Crippen LogP contribution is -2.34. The molecular weight excluding hydrogens is 330 g/mol. The Labute approximate surface area is 143 Å². The molecule has 25 heavy (non-hydrogen) atoms. The maximum Gasteiger partial charge on any atom is 0.491 e. The van der Waals surface area contributed by atoms with Crippen molar-refractivity contribution in [1.82, 2.24) is 0 Å². The molecule has 1 aromatic rings. The first-order valence-electron chi connectivity index (χ1n) is 7.42. The van der Waals surface area contributed by atoms with Crippen LogP contribution in [0.4, 0.5) is 4.39 Å². The van der Waals surface area contributed by atoms with Crippen molar-refractivity contribution in [2.75, 3.05) is 6.61 Å². The Morgan fingerprint density at radius 2 is 2.20 bits per heavy atom. The van der Waals surface area contributed by atoms with Crippen molar-refractivity contribution < 1.29 is 28.7 Å². The number of esters is 1. The number of nitriles is 1. The summed E-state index contributed by atoms with van der Waals surface area (Å²) in [4.78, 5) is 12.3. The third kappa shape index (κ3) is 3.50. The SMILES string of the molecule is CCOC(=O)C1=C(C)OC(N)=C(C#N)C1c1ccc(F)c(B(O)O)c1. The lowest BCUT2D eigenvalue weighted by molar-refractivity contribution is -0.139. The zero-order valence-electron chi connectivity index (χ0n) is 13.6. The fraction of sp³-hybridized carbons (Fsp3) is 0.250. The van der Waals surface area contributed by atoms with Crippen LogP contribution in [0.2, 0.25) is 0 Å². The van der Waals surface area contributed by atoms with Crippen LogP contribution in [-0.4, -0.2) is 29.7 Å². The molecule has 0 fully saturated rings. The van der Waals surface area contributed by atoms with Gasteiger partial charge in [-0.1, -0.05) is 12.1 Å². The van der Waals surface area contributed by atoms with E-state index >= 15 is 0 Å². The molecule has 0 saturated carbocycles. The van der Waals surface area contributed by atoms with Crippen LogP contribution in [-0.2, 0) is 14.3 Å². The number of nitrogens with zero attached hydrogens (tertiary/aromatic N) is 1. The van der Waals surface area contributed by atoms with Crippen molar-refractivity contribution in [3.63, 3.8) is 0 Å². The van der Waals surface area contributed by atoms with Gasteiger partial charge in [-0.2, -0.15) is 5.26 Å². The molecule has 0 aromatic heterocycles. The van der Waals surface area contributed by atoms with Crippen molar-refractivity contribution in [3.8, 4) is 6.07 Å². The summed E-state index contributed by atoms with van der Waals surface area (Å²) in [6.45, 7) is 3.22. The molecule has 0 aliphatic carbocycles. The number of benzene rings is 1. The minimum Gasteiger partial charge on any atom is -0.463 e. The minimum atomic E-state index is -2.05. The van der Waals surface area contributed by atoms with Gasteiger partial charge in [0.25, 0.3) is 0 Å². The number of hydrogen-bond acceptors (Lipinski definition) is 7. The number of carbonyl (C=O) groups excluding carboxylic acids is 1. The van der Waals surface area contributed by atoms with Gasteiger partial charge < -0.3 is 25.3 Å². The maximum absolute atomic E-state index is 13.7. The molecule has 1 aliphatic heterocycles. The second-order valence-corrected chi connectivity index (χ2v) is 5.27. The van der Waals surface area contributed by atoms with E-state index in [1.807, 2.05) is 6.07 Å². The predicted octanol–water partition coefficient (Wildman–Crippen LogP) is 0.150. The highest BCUT2D eigenvalue weighted by Crippen LogP contribution is 2.39. The van der Waals surface area contributed by atoms with E-state index in [2.05, 4.69) is 0 Å². The minimum absolute atomic E-state index is 0.0394. The molecule has 0 radical (unpaired) electrons. The van der Waals surface area contributed by atoms with Crippen LogP contribution in [0.25, 0.3) is 0 Å². The largest absolute Gasteiger partial charge is 0.491 e. The van der Waals surface area contributed by atoms with Gasteiger partial charge in [0, 0.05) is 5.46 Å². The van der Waals surface area contributed by atoms with Gasteiger partial charge in [-0.3, -0.25) is 0 Å². The summed E-state index contributed by atoms with van der Waals surface area (Å²) in [5.74, 6) is -2.56. The van der Waals surface area contributed by atoms with Crippen LogP contribution >= 0.6 is 0 Å². The zero-order chi connectivity index (χ0) is 18.7. The average molecular weight is 346 g/mol. The highest BCUT2D eigenvalue weighted by Gasteiger charge is 2.37. The molecule has 0 saturated heterocycles. The number of ether oxygens (including phenoxy) is 2. The highest BCUT2D eigenvalue weighted by atomic mass is 19.1. The standard InChI is InChI=1S/C16H16BFN2O5/c1-3-24-16(21)13-8(2)25-15(20)10(7-19)14(13)9-4-5-12(18)11(6-9)17(22)23/h4-6,14,22-23H,3,20H2,1-2H3. The number of hydrogen-bond donors (Lipinski definition) is 3. The molecule has 4 N–H and O–H groups in total. The Balaban J connectivity index is 2.67. The number of nitrogens with two attached hydrogens (primary N) is 1. The molecule has 1 unspecified atom stereocenters. The molecule has 130 valence electrons. The quantitative estimate of drug-likeness (QED) is 0.523. The Bertz CT molecular complexity index is 813. The zero-order valence-corrected chi connectivity index (χ0v) is 13.6. The van der Waals surface area contributed by atoms with Crippen molar-refractivity contribution in [2.45, 2.75) is 19.8 Å². The van der Waals surface area contributed by atoms with E-state index in [4.69, 9.17) is 15.2 Å². The fourth-order valence-corrected chi connectivity index (χ4v) is 2.63. The molecule has 7 nitrogen and oxygen atoms in total. The van der Waals surface area contributed by atoms with Crippen LogP contribution in [0.3, 0.4) is 0 Å². The number of allylic oxidation sites excluding steroid dienone is 2. The molecular formula is C16H16BFN2O5. The van der Waals surface area contributed by atoms with E-state index in [-0.39, 0.29) is 40.4 Å². The van der Waals surface area contributed by atoms with E-state index < -0.39 is 24.8 Å².